The van der Waals surface area contributed by atoms with E-state index in [2.05, 4.69) is 4.72 Å². The predicted molar refractivity (Wildman–Crippen MR) is 104 cm³/mol. The Balaban J connectivity index is 1.69. The number of aryl methyl sites for hydroxylation is 2. The number of hydrogen-bond donors (Lipinski definition) is 1. The molecule has 1 fully saturated rings. The van der Waals surface area contributed by atoms with E-state index in [4.69, 9.17) is 11.6 Å². The molecule has 26 heavy (non-hydrogen) atoms. The number of amides is 1. The van der Waals surface area contributed by atoms with Gasteiger partial charge in [0.1, 0.15) is 6.04 Å². The predicted octanol–water partition coefficient (Wildman–Crippen LogP) is 3.18. The molecule has 0 saturated carbocycles. The molecule has 0 spiro atoms. The number of hydrogen-bond acceptors (Lipinski definition) is 3. The summed E-state index contributed by atoms with van der Waals surface area (Å²) in [6.07, 6.45) is 0.450. The van der Waals surface area contributed by atoms with Gasteiger partial charge in [-0.15, -0.1) is 0 Å². The van der Waals surface area contributed by atoms with Crippen molar-refractivity contribution in [2.24, 2.45) is 0 Å². The fourth-order valence-electron chi connectivity index (χ4n) is 3.00. The Hall–Kier alpha value is -1.89. The van der Waals surface area contributed by atoms with Crippen molar-refractivity contribution in [3.8, 4) is 0 Å². The molecule has 1 aliphatic rings. The van der Waals surface area contributed by atoms with Gasteiger partial charge in [0, 0.05) is 17.3 Å². The van der Waals surface area contributed by atoms with Crippen molar-refractivity contribution in [3.05, 3.63) is 64.2 Å². The fraction of sp³-hybridized carbons (Fsp3) is 0.316. The Morgan fingerprint density at radius 1 is 1.12 bits per heavy atom. The topological polar surface area (TPSA) is 66.5 Å². The summed E-state index contributed by atoms with van der Waals surface area (Å²) in [6, 6.07) is 11.7. The summed E-state index contributed by atoms with van der Waals surface area (Å²) in [5.74, 6) is -0.398. The van der Waals surface area contributed by atoms with Gasteiger partial charge in [-0.3, -0.25) is 4.79 Å². The molecule has 7 heteroatoms. The highest BCUT2D eigenvalue weighted by atomic mass is 35.5. The molecule has 3 rings (SSSR count). The van der Waals surface area contributed by atoms with Crippen LogP contribution in [0, 0.1) is 13.8 Å². The van der Waals surface area contributed by atoms with Gasteiger partial charge in [-0.2, -0.15) is 0 Å². The molecule has 1 aliphatic heterocycles. The normalized spacial score (nSPS) is 17.7. The molecule has 1 atom stereocenters. The number of halogens is 1. The molecule has 0 aliphatic carbocycles. The lowest BCUT2D eigenvalue weighted by Gasteiger charge is -2.18. The quantitative estimate of drug-likeness (QED) is 0.849. The molecular weight excluding hydrogens is 372 g/mol. The molecule has 2 aromatic rings. The van der Waals surface area contributed by atoms with Crippen LogP contribution in [0.15, 0.2) is 42.5 Å². The minimum absolute atomic E-state index is 0.183. The SMILES string of the molecule is Cc1ccc(N2CC[C@H](NS(=O)(=O)Cc3ccc(Cl)cc3)C2=O)cc1C. The summed E-state index contributed by atoms with van der Waals surface area (Å²) in [6.45, 7) is 4.50. The average Bonchev–Trinajstić information content (AvgIpc) is 2.92. The van der Waals surface area contributed by atoms with Gasteiger partial charge >= 0.3 is 0 Å². The maximum Gasteiger partial charge on any atom is 0.245 e. The van der Waals surface area contributed by atoms with Crippen LogP contribution in [-0.4, -0.2) is 26.9 Å². The Kier molecular flexibility index (Phi) is 5.37. The van der Waals surface area contributed by atoms with E-state index < -0.39 is 16.1 Å². The van der Waals surface area contributed by atoms with Crippen LogP contribution in [0.4, 0.5) is 5.69 Å². The lowest BCUT2D eigenvalue weighted by Crippen LogP contribution is -2.42. The first-order valence-electron chi connectivity index (χ1n) is 8.38. The highest BCUT2D eigenvalue weighted by Gasteiger charge is 2.35. The van der Waals surface area contributed by atoms with Gasteiger partial charge in [0.25, 0.3) is 0 Å². The van der Waals surface area contributed by atoms with Crippen molar-refractivity contribution in [1.29, 1.82) is 0 Å². The zero-order valence-electron chi connectivity index (χ0n) is 14.7. The second-order valence-corrected chi connectivity index (χ2v) is 8.79. The van der Waals surface area contributed by atoms with Crippen LogP contribution < -0.4 is 9.62 Å². The number of nitrogens with zero attached hydrogens (tertiary/aromatic N) is 1. The third kappa shape index (κ3) is 4.26. The molecule has 0 bridgehead atoms. The van der Waals surface area contributed by atoms with E-state index >= 15 is 0 Å². The molecule has 1 heterocycles. The van der Waals surface area contributed by atoms with Crippen molar-refractivity contribution >= 4 is 33.2 Å². The van der Waals surface area contributed by atoms with Gasteiger partial charge in [-0.1, -0.05) is 29.8 Å². The van der Waals surface area contributed by atoms with Crippen molar-refractivity contribution in [1.82, 2.24) is 4.72 Å². The molecule has 1 N–H and O–H groups in total. The van der Waals surface area contributed by atoms with E-state index in [1.807, 2.05) is 32.0 Å². The van der Waals surface area contributed by atoms with Crippen LogP contribution in [0.25, 0.3) is 0 Å². The second kappa shape index (κ2) is 7.39. The number of benzene rings is 2. The summed E-state index contributed by atoms with van der Waals surface area (Å²) in [5.41, 5.74) is 3.68. The van der Waals surface area contributed by atoms with Crippen molar-refractivity contribution in [2.45, 2.75) is 32.1 Å². The third-order valence-corrected chi connectivity index (χ3v) is 6.21. The van der Waals surface area contributed by atoms with Gasteiger partial charge < -0.3 is 4.90 Å². The first-order valence-corrected chi connectivity index (χ1v) is 10.4. The molecule has 0 radical (unpaired) electrons. The molecule has 1 amide bonds. The lowest BCUT2D eigenvalue weighted by molar-refractivity contribution is -0.118. The van der Waals surface area contributed by atoms with Crippen LogP contribution in [0.1, 0.15) is 23.1 Å². The van der Waals surface area contributed by atoms with Crippen LogP contribution in [-0.2, 0) is 20.6 Å². The van der Waals surface area contributed by atoms with E-state index in [0.717, 1.165) is 16.8 Å². The van der Waals surface area contributed by atoms with E-state index in [1.54, 1.807) is 29.2 Å². The highest BCUT2D eigenvalue weighted by molar-refractivity contribution is 7.88. The maximum atomic E-state index is 12.7. The summed E-state index contributed by atoms with van der Waals surface area (Å²) in [7, 11) is -3.62. The number of anilines is 1. The minimum Gasteiger partial charge on any atom is -0.311 e. The molecule has 5 nitrogen and oxygen atoms in total. The minimum atomic E-state index is -3.62. The Morgan fingerprint density at radius 3 is 2.46 bits per heavy atom. The molecular formula is C19H21ClN2O3S. The number of rotatable bonds is 5. The van der Waals surface area contributed by atoms with Gasteiger partial charge in [0.05, 0.1) is 5.75 Å². The monoisotopic (exact) mass is 392 g/mol. The number of carbonyl (C=O) groups is 1. The first kappa shape index (κ1) is 18.9. The molecule has 138 valence electrons. The Labute approximate surface area is 159 Å². The highest BCUT2D eigenvalue weighted by Crippen LogP contribution is 2.24. The van der Waals surface area contributed by atoms with Gasteiger partial charge in [0.2, 0.25) is 15.9 Å². The number of carbonyl (C=O) groups excluding carboxylic acids is 1. The zero-order chi connectivity index (χ0) is 18.9. The zero-order valence-corrected chi connectivity index (χ0v) is 16.3. The van der Waals surface area contributed by atoms with Gasteiger partial charge in [-0.05, 0) is 61.2 Å². The second-order valence-electron chi connectivity index (χ2n) is 6.60. The van der Waals surface area contributed by atoms with Crippen LogP contribution in [0.2, 0.25) is 5.02 Å². The Morgan fingerprint density at radius 2 is 1.81 bits per heavy atom. The summed E-state index contributed by atoms with van der Waals surface area (Å²) >= 11 is 5.82. The van der Waals surface area contributed by atoms with Crippen LogP contribution in [0.5, 0.6) is 0 Å². The number of sulfonamides is 1. The Bertz CT molecular complexity index is 926. The summed E-state index contributed by atoms with van der Waals surface area (Å²) in [4.78, 5) is 14.3. The average molecular weight is 393 g/mol. The maximum absolute atomic E-state index is 12.7. The standard InChI is InChI=1S/C19H21ClN2O3S/c1-13-3-8-17(11-14(13)2)22-10-9-18(19(22)23)21-26(24,25)12-15-4-6-16(20)7-5-15/h3-8,11,18,21H,9-10,12H2,1-2H3/t18-/m0/s1. The molecule has 1 saturated heterocycles. The first-order chi connectivity index (χ1) is 12.2. The largest absolute Gasteiger partial charge is 0.311 e. The number of nitrogens with one attached hydrogen (secondary N) is 1. The van der Waals surface area contributed by atoms with Crippen LogP contribution in [0.3, 0.4) is 0 Å². The van der Waals surface area contributed by atoms with E-state index in [0.29, 0.717) is 23.6 Å². The lowest BCUT2D eigenvalue weighted by atomic mass is 10.1. The van der Waals surface area contributed by atoms with E-state index in [1.165, 1.54) is 0 Å². The molecule has 2 aromatic carbocycles. The van der Waals surface area contributed by atoms with E-state index in [-0.39, 0.29) is 11.7 Å². The molecule has 0 unspecified atom stereocenters. The summed E-state index contributed by atoms with van der Waals surface area (Å²) in [5, 5.41) is 0.550. The van der Waals surface area contributed by atoms with Crippen molar-refractivity contribution in [3.63, 3.8) is 0 Å². The van der Waals surface area contributed by atoms with E-state index in [9.17, 15) is 13.2 Å². The molecule has 0 aromatic heterocycles. The smallest absolute Gasteiger partial charge is 0.245 e. The van der Waals surface area contributed by atoms with Gasteiger partial charge in [0.15, 0.2) is 0 Å². The van der Waals surface area contributed by atoms with Crippen molar-refractivity contribution in [2.75, 3.05) is 11.4 Å². The third-order valence-electron chi connectivity index (χ3n) is 4.60. The van der Waals surface area contributed by atoms with Gasteiger partial charge in [-0.25, -0.2) is 13.1 Å². The van der Waals surface area contributed by atoms with Crippen molar-refractivity contribution < 1.29 is 13.2 Å². The van der Waals surface area contributed by atoms with Crippen LogP contribution >= 0.6 is 11.6 Å². The summed E-state index contributed by atoms with van der Waals surface area (Å²) < 4.78 is 27.4. The fourth-order valence-corrected chi connectivity index (χ4v) is 4.49.